The van der Waals surface area contributed by atoms with Crippen LogP contribution in [-0.4, -0.2) is 36.2 Å². The molecule has 1 aromatic carbocycles. The molecule has 0 radical (unpaired) electrons. The van der Waals surface area contributed by atoms with Crippen LogP contribution in [0.2, 0.25) is 5.02 Å². The third kappa shape index (κ3) is 4.86. The highest BCUT2D eigenvalue weighted by molar-refractivity contribution is 6.30. The third-order valence-corrected chi connectivity index (χ3v) is 3.51. The van der Waals surface area contributed by atoms with Crippen LogP contribution in [0.3, 0.4) is 0 Å². The van der Waals surface area contributed by atoms with E-state index in [4.69, 9.17) is 21.4 Å². The molecule has 0 aliphatic carbocycles. The minimum Gasteiger partial charge on any atom is -0.480 e. The van der Waals surface area contributed by atoms with Gasteiger partial charge in [-0.25, -0.2) is 4.79 Å². The molecule has 1 unspecified atom stereocenters. The zero-order chi connectivity index (χ0) is 16.8. The van der Waals surface area contributed by atoms with Crippen LogP contribution in [0.5, 0.6) is 0 Å². The second-order valence-corrected chi connectivity index (χ2v) is 5.76. The van der Waals surface area contributed by atoms with Crippen molar-refractivity contribution in [3.05, 3.63) is 47.5 Å². The van der Waals surface area contributed by atoms with Crippen molar-refractivity contribution in [3.63, 3.8) is 0 Å². The van der Waals surface area contributed by atoms with Gasteiger partial charge in [0.2, 0.25) is 5.91 Å². The molecule has 0 fully saturated rings. The van der Waals surface area contributed by atoms with Crippen molar-refractivity contribution in [2.75, 3.05) is 13.2 Å². The molecule has 0 saturated heterocycles. The molecule has 1 atom stereocenters. The van der Waals surface area contributed by atoms with Gasteiger partial charge in [0.05, 0.1) is 18.6 Å². The maximum absolute atomic E-state index is 12.4. The Hall–Kier alpha value is -1.85. The van der Waals surface area contributed by atoms with Gasteiger partial charge >= 0.3 is 5.97 Å². The fourth-order valence-electron chi connectivity index (χ4n) is 1.78. The number of carbonyl (C=O) groups is 2. The summed E-state index contributed by atoms with van der Waals surface area (Å²) < 4.78 is 5.11. The predicted molar refractivity (Wildman–Crippen MR) is 85.1 cm³/mol. The molecule has 1 rings (SSSR count). The molecule has 0 heterocycles. The Kier molecular flexibility index (Phi) is 6.59. The summed E-state index contributed by atoms with van der Waals surface area (Å²) in [4.78, 5) is 23.6. The molecule has 0 saturated carbocycles. The Morgan fingerprint density at radius 1 is 1.41 bits per heavy atom. The maximum Gasteiger partial charge on any atom is 0.328 e. The highest BCUT2D eigenvalue weighted by Gasteiger charge is 2.33. The van der Waals surface area contributed by atoms with E-state index in [1.807, 2.05) is 0 Å². The summed E-state index contributed by atoms with van der Waals surface area (Å²) in [7, 11) is 0. The van der Waals surface area contributed by atoms with Crippen molar-refractivity contribution in [3.8, 4) is 0 Å². The summed E-state index contributed by atoms with van der Waals surface area (Å²) >= 11 is 5.84. The van der Waals surface area contributed by atoms with Crippen molar-refractivity contribution in [1.29, 1.82) is 0 Å². The van der Waals surface area contributed by atoms with Crippen molar-refractivity contribution >= 4 is 23.5 Å². The number of benzene rings is 1. The molecule has 120 valence electrons. The first-order chi connectivity index (χ1) is 10.3. The van der Waals surface area contributed by atoms with Crippen LogP contribution in [0.1, 0.15) is 19.4 Å². The quantitative estimate of drug-likeness (QED) is 0.568. The third-order valence-electron chi connectivity index (χ3n) is 3.26. The lowest BCUT2D eigenvalue weighted by atomic mass is 9.83. The number of amides is 1. The zero-order valence-electron chi connectivity index (χ0n) is 12.6. The molecule has 1 amide bonds. The Bertz CT molecular complexity index is 540. The van der Waals surface area contributed by atoms with Gasteiger partial charge in [0, 0.05) is 5.02 Å². The highest BCUT2D eigenvalue weighted by Crippen LogP contribution is 2.25. The first-order valence-corrected chi connectivity index (χ1v) is 7.15. The van der Waals surface area contributed by atoms with Crippen molar-refractivity contribution < 1.29 is 19.4 Å². The van der Waals surface area contributed by atoms with Gasteiger partial charge in [-0.2, -0.15) is 0 Å². The van der Waals surface area contributed by atoms with Crippen molar-refractivity contribution in [2.24, 2.45) is 0 Å². The molecule has 0 aromatic heterocycles. The fourth-order valence-corrected chi connectivity index (χ4v) is 1.91. The van der Waals surface area contributed by atoms with E-state index in [1.54, 1.807) is 38.1 Å². The number of carbonyl (C=O) groups excluding carboxylic acids is 1. The van der Waals surface area contributed by atoms with Gasteiger partial charge < -0.3 is 15.2 Å². The Balaban J connectivity index is 2.80. The molecule has 0 aliphatic rings. The largest absolute Gasteiger partial charge is 0.480 e. The van der Waals surface area contributed by atoms with Gasteiger partial charge in [0.25, 0.3) is 0 Å². The van der Waals surface area contributed by atoms with Crippen LogP contribution in [0.25, 0.3) is 0 Å². The average molecular weight is 326 g/mol. The fraction of sp³-hybridized carbons (Fsp3) is 0.375. The van der Waals surface area contributed by atoms with Crippen LogP contribution >= 0.6 is 11.6 Å². The van der Waals surface area contributed by atoms with Gasteiger partial charge in [-0.15, -0.1) is 6.58 Å². The van der Waals surface area contributed by atoms with Gasteiger partial charge in [-0.3, -0.25) is 4.79 Å². The van der Waals surface area contributed by atoms with E-state index in [9.17, 15) is 9.59 Å². The van der Waals surface area contributed by atoms with Gasteiger partial charge in [0.1, 0.15) is 0 Å². The summed E-state index contributed by atoms with van der Waals surface area (Å²) in [6.45, 7) is 7.01. The van der Waals surface area contributed by atoms with Gasteiger partial charge in [-0.05, 0) is 31.5 Å². The monoisotopic (exact) mass is 325 g/mol. The number of carboxylic acid groups (broad SMARTS) is 1. The van der Waals surface area contributed by atoms with Crippen LogP contribution in [-0.2, 0) is 19.7 Å². The lowest BCUT2D eigenvalue weighted by molar-refractivity contribution is -0.144. The molecule has 2 N–H and O–H groups in total. The number of rotatable bonds is 8. The number of hydrogen-bond donors (Lipinski definition) is 2. The van der Waals surface area contributed by atoms with E-state index in [-0.39, 0.29) is 13.2 Å². The molecule has 5 nitrogen and oxygen atoms in total. The van der Waals surface area contributed by atoms with E-state index in [2.05, 4.69) is 11.9 Å². The standard InChI is InChI=1S/C16H20ClNO4/c1-4-9-22-10-13(14(19)20)18-15(21)16(2,3)11-5-7-12(17)8-6-11/h4-8,13H,1,9-10H2,2-3H3,(H,18,21)(H,19,20). The van der Waals surface area contributed by atoms with Crippen molar-refractivity contribution in [2.45, 2.75) is 25.3 Å². The molecular formula is C16H20ClNO4. The molecule has 0 bridgehead atoms. The Morgan fingerprint density at radius 3 is 2.50 bits per heavy atom. The predicted octanol–water partition coefficient (Wildman–Crippen LogP) is 2.39. The van der Waals surface area contributed by atoms with Crippen LogP contribution < -0.4 is 5.32 Å². The lowest BCUT2D eigenvalue weighted by Gasteiger charge is -2.26. The summed E-state index contributed by atoms with van der Waals surface area (Å²) in [6.07, 6.45) is 1.51. The van der Waals surface area contributed by atoms with E-state index in [0.717, 1.165) is 5.56 Å². The second kappa shape index (κ2) is 7.96. The summed E-state index contributed by atoms with van der Waals surface area (Å²) in [6, 6.07) is 5.75. The topological polar surface area (TPSA) is 75.6 Å². The number of halogens is 1. The van der Waals surface area contributed by atoms with Crippen LogP contribution in [0, 0.1) is 0 Å². The van der Waals surface area contributed by atoms with E-state index in [1.165, 1.54) is 6.08 Å². The molecule has 1 aromatic rings. The van der Waals surface area contributed by atoms with E-state index >= 15 is 0 Å². The molecule has 0 aliphatic heterocycles. The zero-order valence-corrected chi connectivity index (χ0v) is 13.4. The normalized spacial score (nSPS) is 12.5. The number of hydrogen-bond acceptors (Lipinski definition) is 3. The van der Waals surface area contributed by atoms with Crippen LogP contribution in [0.4, 0.5) is 0 Å². The van der Waals surface area contributed by atoms with E-state index in [0.29, 0.717) is 5.02 Å². The maximum atomic E-state index is 12.4. The van der Waals surface area contributed by atoms with Gasteiger partial charge in [-0.1, -0.05) is 29.8 Å². The second-order valence-electron chi connectivity index (χ2n) is 5.32. The summed E-state index contributed by atoms with van der Waals surface area (Å²) in [5.74, 6) is -1.55. The minimum atomic E-state index is -1.15. The lowest BCUT2D eigenvalue weighted by Crippen LogP contribution is -2.50. The number of ether oxygens (including phenoxy) is 1. The first-order valence-electron chi connectivity index (χ1n) is 6.77. The van der Waals surface area contributed by atoms with Crippen molar-refractivity contribution in [1.82, 2.24) is 5.32 Å². The first kappa shape index (κ1) is 18.2. The summed E-state index contributed by atoms with van der Waals surface area (Å²) in [5.41, 5.74) is -0.151. The molecule has 22 heavy (non-hydrogen) atoms. The molecular weight excluding hydrogens is 306 g/mol. The Morgan fingerprint density at radius 2 is 2.00 bits per heavy atom. The minimum absolute atomic E-state index is 0.121. The highest BCUT2D eigenvalue weighted by atomic mass is 35.5. The Labute approximate surface area is 134 Å². The van der Waals surface area contributed by atoms with Crippen LogP contribution in [0.15, 0.2) is 36.9 Å². The van der Waals surface area contributed by atoms with E-state index < -0.39 is 23.3 Å². The van der Waals surface area contributed by atoms with Gasteiger partial charge in [0.15, 0.2) is 6.04 Å². The number of carboxylic acids is 1. The molecule has 6 heteroatoms. The smallest absolute Gasteiger partial charge is 0.328 e. The average Bonchev–Trinajstić information content (AvgIpc) is 2.46. The SMILES string of the molecule is C=CCOCC(NC(=O)C(C)(C)c1ccc(Cl)cc1)C(=O)O. The number of aliphatic carboxylic acids is 1. The summed E-state index contributed by atoms with van der Waals surface area (Å²) in [5, 5.41) is 12.2. The number of nitrogens with one attached hydrogen (secondary N) is 1. The molecule has 0 spiro atoms.